The Morgan fingerprint density at radius 3 is 1.51 bits per heavy atom. The van der Waals surface area contributed by atoms with E-state index in [4.69, 9.17) is 17.9 Å². The van der Waals surface area contributed by atoms with Crippen molar-refractivity contribution in [3.8, 4) is 0 Å². The number of nitrogens with zero attached hydrogens (tertiary/aromatic N) is 3. The summed E-state index contributed by atoms with van der Waals surface area (Å²) in [6.45, 7) is 13.5. The molecule has 200 valence electrons. The molecule has 1 N–H and O–H groups in total. The minimum Gasteiger partial charge on any atom is -0.249 e. The summed E-state index contributed by atoms with van der Waals surface area (Å²) in [5.74, 6) is -1.11. The first-order valence-electron chi connectivity index (χ1n) is 10.9. The predicted molar refractivity (Wildman–Crippen MR) is 155 cm³/mol. The molecule has 4 rings (SSSR count). The Morgan fingerprint density at radius 2 is 1.13 bits per heavy atom. The molecule has 0 bridgehead atoms. The van der Waals surface area contributed by atoms with Gasteiger partial charge in [0.25, 0.3) is 0 Å². The zero-order valence-corrected chi connectivity index (χ0v) is 24.1. The van der Waals surface area contributed by atoms with E-state index in [0.717, 1.165) is 4.47 Å². The highest BCUT2D eigenvalue weighted by Crippen LogP contribution is 2.24. The number of hydrogen-bond donors (Lipinski definition) is 1. The molecule has 0 spiro atoms. The normalized spacial score (nSPS) is 12.9. The van der Waals surface area contributed by atoms with Crippen LogP contribution in [0.4, 0.5) is 25.8 Å². The number of nitrogens with one attached hydrogen (secondary N) is 1. The average Bonchev–Trinajstić information content (AvgIpc) is 2.90. The van der Waals surface area contributed by atoms with E-state index in [1.54, 1.807) is 54.6 Å². The number of rotatable bonds is 3. The summed E-state index contributed by atoms with van der Waals surface area (Å²) in [6.07, 6.45) is 2.60. The smallest absolute Gasteiger partial charge is 0.187 e. The minimum absolute atomic E-state index is 0.0278. The van der Waals surface area contributed by atoms with Crippen molar-refractivity contribution in [2.45, 2.75) is 9.79 Å². The second kappa shape index (κ2) is 14.3. The molecule has 0 fully saturated rings. The molecule has 0 aliphatic carbocycles. The van der Waals surface area contributed by atoms with Crippen molar-refractivity contribution in [2.24, 2.45) is 4.36 Å². The number of halogens is 3. The van der Waals surface area contributed by atoms with Gasteiger partial charge in [0.05, 0.1) is 48.1 Å². The molecular weight excluding hydrogens is 606 g/mol. The summed E-state index contributed by atoms with van der Waals surface area (Å²) in [7, 11) is -5.75. The van der Waals surface area contributed by atoms with Crippen molar-refractivity contribution in [1.82, 2.24) is 0 Å². The van der Waals surface area contributed by atoms with Crippen molar-refractivity contribution in [3.63, 3.8) is 0 Å². The van der Waals surface area contributed by atoms with Gasteiger partial charge in [0, 0.05) is 17.0 Å². The molecule has 11 heteroatoms. The van der Waals surface area contributed by atoms with E-state index in [1.165, 1.54) is 42.8 Å². The lowest BCUT2D eigenvalue weighted by Gasteiger charge is -2.05. The second-order valence-electron chi connectivity index (χ2n) is 7.81. The SMILES string of the molecule is CS(=N)(=O)c1ccccc1F.[C-]#[N+]c1ccc(Br)cc1.[C-]#[N+]c1ccc(N=S(C)(=O)c2ccccc2F)cc1. The van der Waals surface area contributed by atoms with Gasteiger partial charge in [-0.3, -0.25) is 0 Å². The van der Waals surface area contributed by atoms with Crippen LogP contribution in [0, 0.1) is 29.6 Å². The van der Waals surface area contributed by atoms with Gasteiger partial charge in [-0.2, -0.15) is 4.36 Å². The highest BCUT2D eigenvalue weighted by molar-refractivity contribution is 9.10. The Bertz CT molecular complexity index is 1740. The van der Waals surface area contributed by atoms with Crippen LogP contribution in [0.3, 0.4) is 0 Å². The van der Waals surface area contributed by atoms with Gasteiger partial charge in [-0.15, -0.1) is 0 Å². The fourth-order valence-electron chi connectivity index (χ4n) is 2.87. The average molecular weight is 630 g/mol. The molecule has 0 aromatic heterocycles. The third kappa shape index (κ3) is 10.1. The van der Waals surface area contributed by atoms with Gasteiger partial charge in [-0.05, 0) is 36.4 Å². The predicted octanol–water partition coefficient (Wildman–Crippen LogP) is 9.03. The number of benzene rings is 4. The minimum atomic E-state index is -2.91. The van der Waals surface area contributed by atoms with Gasteiger partial charge in [0.2, 0.25) is 0 Å². The molecule has 2 unspecified atom stereocenters. The third-order valence-corrected chi connectivity index (χ3v) is 8.12. The van der Waals surface area contributed by atoms with Gasteiger partial charge >= 0.3 is 0 Å². The van der Waals surface area contributed by atoms with Crippen molar-refractivity contribution in [2.75, 3.05) is 12.5 Å². The summed E-state index contributed by atoms with van der Waals surface area (Å²) in [4.78, 5) is 6.56. The Morgan fingerprint density at radius 1 is 0.718 bits per heavy atom. The molecule has 2 atom stereocenters. The Balaban J connectivity index is 0.000000226. The first-order chi connectivity index (χ1) is 18.4. The van der Waals surface area contributed by atoms with Crippen molar-refractivity contribution in [3.05, 3.63) is 136 Å². The van der Waals surface area contributed by atoms with E-state index in [9.17, 15) is 17.2 Å². The van der Waals surface area contributed by atoms with E-state index < -0.39 is 31.1 Å². The maximum atomic E-state index is 13.6. The fraction of sp³-hybridized carbons (Fsp3) is 0.0714. The van der Waals surface area contributed by atoms with E-state index in [1.807, 2.05) is 12.1 Å². The zero-order chi connectivity index (χ0) is 29.1. The second-order valence-corrected chi connectivity index (χ2v) is 13.1. The lowest BCUT2D eigenvalue weighted by Crippen LogP contribution is -1.99. The summed E-state index contributed by atoms with van der Waals surface area (Å²) < 4.78 is 62.1. The van der Waals surface area contributed by atoms with Crippen molar-refractivity contribution < 1.29 is 17.2 Å². The van der Waals surface area contributed by atoms with E-state index >= 15 is 0 Å². The maximum absolute atomic E-state index is 13.6. The lowest BCUT2D eigenvalue weighted by molar-refractivity contribution is 0.593. The fourth-order valence-corrected chi connectivity index (χ4v) is 5.29. The van der Waals surface area contributed by atoms with Crippen LogP contribution in [-0.4, -0.2) is 20.9 Å². The Labute approximate surface area is 236 Å². The number of hydrogen-bond acceptors (Lipinski definition) is 4. The zero-order valence-electron chi connectivity index (χ0n) is 20.8. The molecule has 4 aromatic rings. The van der Waals surface area contributed by atoms with Crippen LogP contribution >= 0.6 is 15.9 Å². The van der Waals surface area contributed by atoms with E-state index in [-0.39, 0.29) is 9.79 Å². The van der Waals surface area contributed by atoms with Crippen LogP contribution in [-0.2, 0) is 19.5 Å². The van der Waals surface area contributed by atoms with Crippen molar-refractivity contribution >= 4 is 52.5 Å². The summed E-state index contributed by atoms with van der Waals surface area (Å²) >= 11 is 3.27. The van der Waals surface area contributed by atoms with Gasteiger partial charge in [-0.25, -0.2) is 31.7 Å². The standard InChI is InChI=1S/C14H11FN2OS.C7H4BrN.C7H8FNOS/c1-16-11-7-9-12(10-8-11)17-19(2,18)14-6-4-3-5-13(14)15;1-9-7-4-2-6(8)3-5-7;1-11(9,10)7-5-3-2-4-6(7)8/h3-10H,2H3;2-5H;2-5,9H,1H3. The lowest BCUT2D eigenvalue weighted by atomic mass is 10.3. The maximum Gasteiger partial charge on any atom is 0.187 e. The Kier molecular flexibility index (Phi) is 11.5. The third-order valence-electron chi connectivity index (χ3n) is 4.72. The quantitative estimate of drug-likeness (QED) is 0.230. The first-order valence-corrected chi connectivity index (χ1v) is 15.6. The van der Waals surface area contributed by atoms with Crippen LogP contribution in [0.2, 0.25) is 0 Å². The van der Waals surface area contributed by atoms with Gasteiger partial charge in [0.1, 0.15) is 11.6 Å². The largest absolute Gasteiger partial charge is 0.249 e. The molecule has 0 aliphatic rings. The van der Waals surface area contributed by atoms with Crippen molar-refractivity contribution in [1.29, 1.82) is 4.78 Å². The van der Waals surface area contributed by atoms with Crippen LogP contribution in [0.15, 0.2) is 116 Å². The monoisotopic (exact) mass is 628 g/mol. The summed E-state index contributed by atoms with van der Waals surface area (Å²) in [5, 5.41) is 0. The molecule has 4 aromatic carbocycles. The molecule has 0 radical (unpaired) electrons. The Hall–Kier alpha value is -3.90. The molecule has 39 heavy (non-hydrogen) atoms. The summed E-state index contributed by atoms with van der Waals surface area (Å²) in [6, 6.07) is 25.1. The van der Waals surface area contributed by atoms with Crippen LogP contribution in [0.5, 0.6) is 0 Å². The molecule has 0 saturated heterocycles. The van der Waals surface area contributed by atoms with E-state index in [0.29, 0.717) is 17.1 Å². The van der Waals surface area contributed by atoms with Gasteiger partial charge < -0.3 is 0 Å². The molecule has 0 saturated carbocycles. The van der Waals surface area contributed by atoms with Crippen LogP contribution in [0.25, 0.3) is 9.69 Å². The van der Waals surface area contributed by atoms with Crippen LogP contribution < -0.4 is 0 Å². The highest BCUT2D eigenvalue weighted by atomic mass is 79.9. The molecule has 0 amide bonds. The topological polar surface area (TPSA) is 79.1 Å². The van der Waals surface area contributed by atoms with Crippen LogP contribution in [0.1, 0.15) is 0 Å². The summed E-state index contributed by atoms with van der Waals surface area (Å²) in [5.41, 5.74) is 1.62. The highest BCUT2D eigenvalue weighted by Gasteiger charge is 2.11. The molecular formula is C28H23BrF2N4O2S2. The molecule has 0 heterocycles. The molecule has 0 aliphatic heterocycles. The first kappa shape index (κ1) is 31.3. The van der Waals surface area contributed by atoms with Gasteiger partial charge in [0.15, 0.2) is 11.4 Å². The molecule has 6 nitrogen and oxygen atoms in total. The van der Waals surface area contributed by atoms with Gasteiger partial charge in [-0.1, -0.05) is 76.6 Å². The van der Waals surface area contributed by atoms with E-state index in [2.05, 4.69) is 30.0 Å².